The maximum atomic E-state index is 12.9. The molecule has 38 heavy (non-hydrogen) atoms. The van der Waals surface area contributed by atoms with E-state index in [0.29, 0.717) is 49.0 Å². The van der Waals surface area contributed by atoms with Crippen molar-refractivity contribution >= 4 is 5.91 Å². The Morgan fingerprint density at radius 1 is 1.11 bits per heavy atom. The van der Waals surface area contributed by atoms with Gasteiger partial charge < -0.3 is 25.4 Å². The fourth-order valence-corrected chi connectivity index (χ4v) is 7.99. The predicted molar refractivity (Wildman–Crippen MR) is 149 cm³/mol. The largest absolute Gasteiger partial charge is 0.390 e. The Balaban J connectivity index is 0.991. The van der Waals surface area contributed by atoms with Gasteiger partial charge in [0.2, 0.25) is 5.91 Å². The van der Waals surface area contributed by atoms with Crippen molar-refractivity contribution < 1.29 is 14.6 Å². The summed E-state index contributed by atoms with van der Waals surface area (Å²) in [4.78, 5) is 15.3. The van der Waals surface area contributed by atoms with Crippen LogP contribution < -0.4 is 21.4 Å². The summed E-state index contributed by atoms with van der Waals surface area (Å²) in [5, 5.41) is 23.3. The molecule has 5 N–H and O–H groups in total. The van der Waals surface area contributed by atoms with Gasteiger partial charge in [0.1, 0.15) is 0 Å². The van der Waals surface area contributed by atoms with Crippen molar-refractivity contribution in [2.75, 3.05) is 52.9 Å². The summed E-state index contributed by atoms with van der Waals surface area (Å²) in [6.07, 6.45) is 11.6. The molecule has 8 atom stereocenters. The van der Waals surface area contributed by atoms with E-state index in [1.807, 2.05) is 0 Å². The molecule has 1 amide bonds. The number of β-amino-alcohol motifs (C(OH)–C–C–N with tert-alkyl or cyclic N) is 1. The first-order valence-corrected chi connectivity index (χ1v) is 15.7. The van der Waals surface area contributed by atoms with Crippen molar-refractivity contribution in [3.05, 3.63) is 0 Å². The SMILES string of the molecule is CC1C(OCC2CCNN2C)CCC2CN(C[C@@H](O)CNC(=O)C3CCNC(NC4CCCC4)C3)CCC21. The number of nitrogens with one attached hydrogen (secondary N) is 4. The summed E-state index contributed by atoms with van der Waals surface area (Å²) in [5.41, 5.74) is 3.38. The van der Waals surface area contributed by atoms with E-state index in [-0.39, 0.29) is 18.0 Å². The molecule has 0 radical (unpaired) electrons. The zero-order valence-electron chi connectivity index (χ0n) is 23.9. The smallest absolute Gasteiger partial charge is 0.223 e. The monoisotopic (exact) mass is 534 g/mol. The number of hydrazine groups is 1. The molecule has 2 aliphatic carbocycles. The van der Waals surface area contributed by atoms with Gasteiger partial charge in [-0.2, -0.15) is 0 Å². The van der Waals surface area contributed by atoms with Crippen molar-refractivity contribution in [3.8, 4) is 0 Å². The number of likely N-dealkylation sites (N-methyl/N-ethyl adjacent to an activating group) is 1. The number of carbonyl (C=O) groups excluding carboxylic acids is 1. The van der Waals surface area contributed by atoms with E-state index < -0.39 is 6.10 Å². The molecule has 0 aromatic rings. The summed E-state index contributed by atoms with van der Waals surface area (Å²) in [5.74, 6) is 2.13. The molecule has 7 unspecified atom stereocenters. The normalized spacial score (nSPS) is 38.2. The number of amides is 1. The Hall–Kier alpha value is -0.810. The van der Waals surface area contributed by atoms with Gasteiger partial charge in [-0.15, -0.1) is 0 Å². The summed E-state index contributed by atoms with van der Waals surface area (Å²) in [6.45, 7) is 8.24. The van der Waals surface area contributed by atoms with Crippen molar-refractivity contribution in [3.63, 3.8) is 0 Å². The molecule has 0 aromatic carbocycles. The van der Waals surface area contributed by atoms with Gasteiger partial charge in [-0.25, -0.2) is 5.01 Å². The van der Waals surface area contributed by atoms with E-state index in [9.17, 15) is 9.90 Å². The number of hydrogen-bond donors (Lipinski definition) is 5. The number of aliphatic hydroxyl groups excluding tert-OH is 1. The van der Waals surface area contributed by atoms with Crippen LogP contribution in [0, 0.1) is 23.7 Å². The molecule has 2 saturated carbocycles. The van der Waals surface area contributed by atoms with Crippen LogP contribution >= 0.6 is 0 Å². The Labute approximate surface area is 230 Å². The topological polar surface area (TPSA) is 101 Å². The summed E-state index contributed by atoms with van der Waals surface area (Å²) in [7, 11) is 2.12. The summed E-state index contributed by atoms with van der Waals surface area (Å²) < 4.78 is 6.45. The highest BCUT2D eigenvalue weighted by Gasteiger charge is 2.41. The number of aliphatic hydroxyl groups is 1. The van der Waals surface area contributed by atoms with Gasteiger partial charge in [0.05, 0.1) is 25.0 Å². The summed E-state index contributed by atoms with van der Waals surface area (Å²) in [6, 6.07) is 1.09. The van der Waals surface area contributed by atoms with Crippen LogP contribution in [-0.4, -0.2) is 104 Å². The van der Waals surface area contributed by atoms with Crippen LogP contribution in [0.2, 0.25) is 0 Å². The minimum absolute atomic E-state index is 0.0299. The van der Waals surface area contributed by atoms with E-state index >= 15 is 0 Å². The van der Waals surface area contributed by atoms with Crippen LogP contribution in [0.4, 0.5) is 0 Å². The molecular weight excluding hydrogens is 480 g/mol. The van der Waals surface area contributed by atoms with Gasteiger partial charge in [-0.05, 0) is 82.2 Å². The average molecular weight is 535 g/mol. The molecule has 5 rings (SSSR count). The van der Waals surface area contributed by atoms with Crippen LogP contribution in [0.25, 0.3) is 0 Å². The number of hydrogen-bond acceptors (Lipinski definition) is 8. The van der Waals surface area contributed by atoms with Gasteiger partial charge >= 0.3 is 0 Å². The molecule has 9 heteroatoms. The number of nitrogens with zero attached hydrogens (tertiary/aromatic N) is 2. The lowest BCUT2D eigenvalue weighted by Gasteiger charge is -2.47. The number of fused-ring (bicyclic) bond motifs is 1. The van der Waals surface area contributed by atoms with Crippen LogP contribution in [0.1, 0.15) is 71.1 Å². The van der Waals surface area contributed by atoms with Gasteiger partial charge in [0, 0.05) is 51.2 Å². The number of piperidine rings is 2. The fraction of sp³-hybridized carbons (Fsp3) is 0.966. The highest BCUT2D eigenvalue weighted by molar-refractivity contribution is 5.78. The average Bonchev–Trinajstić information content (AvgIpc) is 3.58. The third-order valence-corrected chi connectivity index (χ3v) is 10.4. The second-order valence-electron chi connectivity index (χ2n) is 13.0. The lowest BCUT2D eigenvalue weighted by Crippen LogP contribution is -2.53. The number of carbonyl (C=O) groups is 1. The molecule has 5 aliphatic rings. The van der Waals surface area contributed by atoms with Crippen LogP contribution in [0.15, 0.2) is 0 Å². The number of ether oxygens (including phenoxy) is 1. The fourth-order valence-electron chi connectivity index (χ4n) is 7.99. The van der Waals surface area contributed by atoms with Crippen molar-refractivity contribution in [1.29, 1.82) is 0 Å². The zero-order chi connectivity index (χ0) is 26.5. The maximum Gasteiger partial charge on any atom is 0.223 e. The van der Waals surface area contributed by atoms with Gasteiger partial charge in [0.25, 0.3) is 0 Å². The van der Waals surface area contributed by atoms with E-state index in [1.54, 1.807) is 0 Å². The lowest BCUT2D eigenvalue weighted by atomic mass is 9.68. The molecule has 3 heterocycles. The van der Waals surface area contributed by atoms with Crippen LogP contribution in [0.3, 0.4) is 0 Å². The number of rotatable bonds is 10. The quantitative estimate of drug-likeness (QED) is 0.286. The van der Waals surface area contributed by atoms with E-state index in [4.69, 9.17) is 4.74 Å². The Morgan fingerprint density at radius 2 is 1.95 bits per heavy atom. The third-order valence-electron chi connectivity index (χ3n) is 10.4. The maximum absolute atomic E-state index is 12.9. The molecule has 0 bridgehead atoms. The summed E-state index contributed by atoms with van der Waals surface area (Å²) >= 11 is 0. The minimum Gasteiger partial charge on any atom is -0.390 e. The number of likely N-dealkylation sites (tertiary alicyclic amines) is 1. The first-order chi connectivity index (χ1) is 18.5. The molecule has 0 aromatic heterocycles. The molecule has 218 valence electrons. The first-order valence-electron chi connectivity index (χ1n) is 15.7. The lowest BCUT2D eigenvalue weighted by molar-refractivity contribution is -0.126. The van der Waals surface area contributed by atoms with Crippen LogP contribution in [-0.2, 0) is 9.53 Å². The molecular formula is C29H54N6O3. The van der Waals surface area contributed by atoms with E-state index in [2.05, 4.69) is 45.3 Å². The Bertz CT molecular complexity index is 752. The second-order valence-corrected chi connectivity index (χ2v) is 13.0. The van der Waals surface area contributed by atoms with Gasteiger partial charge in [-0.3, -0.25) is 15.5 Å². The standard InChI is InChI=1S/C29H54N6O3/c1-20-26-11-14-35(17-22(26)7-8-27(20)38-19-24-10-13-32-34(24)2)18-25(36)16-31-29(37)21-9-12-30-28(15-21)33-23-5-3-4-6-23/h20-28,30,32-33,36H,3-19H2,1-2H3,(H,31,37)/t20?,21?,22?,24?,25-,26?,27?,28?/m0/s1. The highest BCUT2D eigenvalue weighted by Crippen LogP contribution is 2.41. The third kappa shape index (κ3) is 7.47. The van der Waals surface area contributed by atoms with E-state index in [0.717, 1.165) is 58.5 Å². The zero-order valence-corrected chi connectivity index (χ0v) is 23.9. The van der Waals surface area contributed by atoms with E-state index in [1.165, 1.54) is 38.5 Å². The van der Waals surface area contributed by atoms with Crippen molar-refractivity contribution in [2.45, 2.75) is 102 Å². The molecule has 9 nitrogen and oxygen atoms in total. The predicted octanol–water partition coefficient (Wildman–Crippen LogP) is 1.28. The molecule has 0 spiro atoms. The van der Waals surface area contributed by atoms with Gasteiger partial charge in [-0.1, -0.05) is 19.8 Å². The highest BCUT2D eigenvalue weighted by atomic mass is 16.5. The van der Waals surface area contributed by atoms with Crippen LogP contribution in [0.5, 0.6) is 0 Å². The minimum atomic E-state index is -0.515. The Kier molecular flexibility index (Phi) is 10.4. The first kappa shape index (κ1) is 28.7. The van der Waals surface area contributed by atoms with Gasteiger partial charge in [0.15, 0.2) is 0 Å². The molecule has 3 aliphatic heterocycles. The Morgan fingerprint density at radius 3 is 2.74 bits per heavy atom. The second kappa shape index (κ2) is 13.7. The van der Waals surface area contributed by atoms with Crippen molar-refractivity contribution in [1.82, 2.24) is 31.3 Å². The molecule has 3 saturated heterocycles. The molecule has 5 fully saturated rings. The van der Waals surface area contributed by atoms with Crippen molar-refractivity contribution in [2.24, 2.45) is 23.7 Å².